The Labute approximate surface area is 169 Å². The van der Waals surface area contributed by atoms with Crippen LogP contribution >= 0.6 is 0 Å². The summed E-state index contributed by atoms with van der Waals surface area (Å²) in [7, 11) is 1.82. The molecule has 154 valence electrons. The van der Waals surface area contributed by atoms with E-state index in [2.05, 4.69) is 4.98 Å². The molecule has 2 heterocycles. The number of halogens is 1. The normalized spacial score (nSPS) is 20.1. The fourth-order valence-electron chi connectivity index (χ4n) is 4.22. The van der Waals surface area contributed by atoms with Crippen molar-refractivity contribution in [1.29, 1.82) is 0 Å². The number of likely N-dealkylation sites (N-methyl/N-ethyl adjacent to an activating group) is 1. The molecule has 2 aromatic rings. The Balaban J connectivity index is 1.58. The molecule has 6 nitrogen and oxygen atoms in total. The van der Waals surface area contributed by atoms with Crippen LogP contribution in [0.1, 0.15) is 54.1 Å². The number of rotatable bonds is 5. The predicted molar refractivity (Wildman–Crippen MR) is 107 cm³/mol. The molecule has 0 radical (unpaired) electrons. The highest BCUT2D eigenvalue weighted by molar-refractivity contribution is 6.06. The van der Waals surface area contributed by atoms with Crippen molar-refractivity contribution in [3.63, 3.8) is 0 Å². The van der Waals surface area contributed by atoms with Crippen molar-refractivity contribution < 1.29 is 19.1 Å². The van der Waals surface area contributed by atoms with Gasteiger partial charge < -0.3 is 10.0 Å². The quantitative estimate of drug-likeness (QED) is 0.835. The lowest BCUT2D eigenvalue weighted by Crippen LogP contribution is -2.37. The predicted octanol–water partition coefficient (Wildman–Crippen LogP) is 3.26. The average molecular weight is 399 g/mol. The molecule has 1 unspecified atom stereocenters. The van der Waals surface area contributed by atoms with Crippen molar-refractivity contribution in [2.75, 3.05) is 26.7 Å². The first-order valence-corrected chi connectivity index (χ1v) is 10.2. The van der Waals surface area contributed by atoms with E-state index in [9.17, 15) is 14.0 Å². The van der Waals surface area contributed by atoms with Crippen LogP contribution in [0.5, 0.6) is 0 Å². The number of carbonyl (C=O) groups excluding carboxylic acids is 1. The number of carboxylic acids is 1. The molecule has 2 fully saturated rings. The number of hydrogen-bond donors (Lipinski definition) is 1. The summed E-state index contributed by atoms with van der Waals surface area (Å²) in [4.78, 5) is 32.7. The Kier molecular flexibility index (Phi) is 5.50. The van der Waals surface area contributed by atoms with Crippen molar-refractivity contribution in [1.82, 2.24) is 14.8 Å². The van der Waals surface area contributed by atoms with E-state index < -0.39 is 5.97 Å². The lowest BCUT2D eigenvalue weighted by atomic mass is 10.0. The summed E-state index contributed by atoms with van der Waals surface area (Å²) in [5.41, 5.74) is 2.10. The van der Waals surface area contributed by atoms with Gasteiger partial charge in [-0.15, -0.1) is 0 Å². The molecule has 1 aliphatic carbocycles. The number of amides is 1. The van der Waals surface area contributed by atoms with Crippen LogP contribution in [-0.2, 0) is 4.79 Å². The number of fused-ring (bicyclic) bond motifs is 1. The summed E-state index contributed by atoms with van der Waals surface area (Å²) in [6.07, 6.45) is 4.55. The number of aromatic nitrogens is 1. The standard InChI is InChI=1S/C22H26FN3O3/c1-25(13-21(27)28)16-3-2-9-26(10-8-16)22(29)18-12-20(14-4-5-14)24-19-7-6-15(23)11-17(18)19/h6-7,11-12,14,16H,2-5,8-10,13H2,1H3,(H,27,28). The molecule has 7 heteroatoms. The Bertz CT molecular complexity index is 944. The molecule has 1 aliphatic heterocycles. The Morgan fingerprint density at radius 3 is 2.72 bits per heavy atom. The van der Waals surface area contributed by atoms with Gasteiger partial charge in [0.25, 0.3) is 5.91 Å². The first-order chi connectivity index (χ1) is 13.9. The lowest BCUT2D eigenvalue weighted by Gasteiger charge is -2.26. The zero-order valence-electron chi connectivity index (χ0n) is 16.6. The summed E-state index contributed by atoms with van der Waals surface area (Å²) < 4.78 is 13.9. The molecular formula is C22H26FN3O3. The van der Waals surface area contributed by atoms with E-state index in [0.29, 0.717) is 35.5 Å². The molecule has 1 N–H and O–H groups in total. The molecule has 1 saturated carbocycles. The maximum atomic E-state index is 13.9. The maximum absolute atomic E-state index is 13.9. The molecule has 0 spiro atoms. The molecule has 1 saturated heterocycles. The number of nitrogens with zero attached hydrogens (tertiary/aromatic N) is 3. The number of carboxylic acid groups (broad SMARTS) is 1. The van der Waals surface area contributed by atoms with E-state index in [1.165, 1.54) is 12.1 Å². The van der Waals surface area contributed by atoms with Gasteiger partial charge in [-0.25, -0.2) is 4.39 Å². The van der Waals surface area contributed by atoms with Crippen LogP contribution in [0.15, 0.2) is 24.3 Å². The van der Waals surface area contributed by atoms with Gasteiger partial charge in [0.2, 0.25) is 0 Å². The fourth-order valence-corrected chi connectivity index (χ4v) is 4.22. The smallest absolute Gasteiger partial charge is 0.317 e. The van der Waals surface area contributed by atoms with Gasteiger partial charge in [0.1, 0.15) is 5.82 Å². The number of hydrogen-bond acceptors (Lipinski definition) is 4. The SMILES string of the molecule is CN(CC(=O)O)C1CCCN(C(=O)c2cc(C3CC3)nc3ccc(F)cc23)CC1. The van der Waals surface area contributed by atoms with E-state index in [-0.39, 0.29) is 24.3 Å². The summed E-state index contributed by atoms with van der Waals surface area (Å²) in [5, 5.41) is 9.59. The van der Waals surface area contributed by atoms with E-state index in [4.69, 9.17) is 5.11 Å². The monoisotopic (exact) mass is 399 g/mol. The van der Waals surface area contributed by atoms with Gasteiger partial charge in [-0.3, -0.25) is 19.5 Å². The second kappa shape index (κ2) is 8.06. The first-order valence-electron chi connectivity index (χ1n) is 10.2. The zero-order chi connectivity index (χ0) is 20.5. The lowest BCUT2D eigenvalue weighted by molar-refractivity contribution is -0.138. The van der Waals surface area contributed by atoms with Crippen molar-refractivity contribution in [2.24, 2.45) is 0 Å². The van der Waals surface area contributed by atoms with Crippen molar-refractivity contribution >= 4 is 22.8 Å². The van der Waals surface area contributed by atoms with Crippen molar-refractivity contribution in [3.8, 4) is 0 Å². The van der Waals surface area contributed by atoms with Crippen molar-refractivity contribution in [3.05, 3.63) is 41.3 Å². The molecule has 0 bridgehead atoms. The molecule has 29 heavy (non-hydrogen) atoms. The third kappa shape index (κ3) is 4.40. The molecular weight excluding hydrogens is 373 g/mol. The minimum absolute atomic E-state index is 0.00235. The molecule has 1 aromatic carbocycles. The van der Waals surface area contributed by atoms with Gasteiger partial charge in [-0.2, -0.15) is 0 Å². The van der Waals surface area contributed by atoms with E-state index >= 15 is 0 Å². The third-order valence-corrected chi connectivity index (χ3v) is 6.01. The highest BCUT2D eigenvalue weighted by atomic mass is 19.1. The Hall–Kier alpha value is -2.54. The Morgan fingerprint density at radius 1 is 1.21 bits per heavy atom. The van der Waals surface area contributed by atoms with Crippen LogP contribution in [0.3, 0.4) is 0 Å². The Morgan fingerprint density at radius 2 is 2.00 bits per heavy atom. The van der Waals surface area contributed by atoms with Gasteiger partial charge in [0.15, 0.2) is 0 Å². The van der Waals surface area contributed by atoms with E-state index in [0.717, 1.165) is 37.8 Å². The third-order valence-electron chi connectivity index (χ3n) is 6.01. The largest absolute Gasteiger partial charge is 0.480 e. The number of aliphatic carboxylic acids is 1. The molecule has 2 aliphatic rings. The van der Waals surface area contributed by atoms with Crippen LogP contribution in [0.2, 0.25) is 0 Å². The number of pyridine rings is 1. The number of carbonyl (C=O) groups is 2. The van der Waals surface area contributed by atoms with E-state index in [1.54, 1.807) is 6.07 Å². The minimum atomic E-state index is -0.845. The van der Waals surface area contributed by atoms with E-state index in [1.807, 2.05) is 22.9 Å². The molecule has 4 rings (SSSR count). The first kappa shape index (κ1) is 19.8. The van der Waals surface area contributed by atoms with Crippen LogP contribution in [0.25, 0.3) is 10.9 Å². The topological polar surface area (TPSA) is 73.7 Å². The fraction of sp³-hybridized carbons (Fsp3) is 0.500. The molecule has 1 amide bonds. The summed E-state index contributed by atoms with van der Waals surface area (Å²) >= 11 is 0. The highest BCUT2D eigenvalue weighted by Crippen LogP contribution is 2.40. The van der Waals surface area contributed by atoms with Gasteiger partial charge in [-0.05, 0) is 63.4 Å². The van der Waals surface area contributed by atoms with Crippen molar-refractivity contribution in [2.45, 2.75) is 44.1 Å². The second-order valence-corrected chi connectivity index (χ2v) is 8.22. The zero-order valence-corrected chi connectivity index (χ0v) is 16.6. The van der Waals surface area contributed by atoms with Gasteiger partial charge in [-0.1, -0.05) is 0 Å². The summed E-state index contributed by atoms with van der Waals surface area (Å²) in [6, 6.07) is 6.41. The molecule has 1 aromatic heterocycles. The van der Waals surface area contributed by atoms with Gasteiger partial charge in [0.05, 0.1) is 17.6 Å². The van der Waals surface area contributed by atoms with Crippen LogP contribution in [0.4, 0.5) is 4.39 Å². The van der Waals surface area contributed by atoms with Crippen LogP contribution < -0.4 is 0 Å². The second-order valence-electron chi connectivity index (χ2n) is 8.22. The number of benzene rings is 1. The van der Waals surface area contributed by atoms with Crippen LogP contribution in [-0.4, -0.2) is 64.5 Å². The average Bonchev–Trinajstić information content (AvgIpc) is 3.52. The summed E-state index contributed by atoms with van der Waals surface area (Å²) in [6.45, 7) is 1.18. The van der Waals surface area contributed by atoms with Gasteiger partial charge in [0, 0.05) is 36.1 Å². The van der Waals surface area contributed by atoms with Crippen LogP contribution in [0, 0.1) is 5.82 Å². The maximum Gasteiger partial charge on any atom is 0.317 e. The minimum Gasteiger partial charge on any atom is -0.480 e. The molecule has 1 atom stereocenters. The van der Waals surface area contributed by atoms with Gasteiger partial charge >= 0.3 is 5.97 Å². The highest BCUT2D eigenvalue weighted by Gasteiger charge is 2.29. The summed E-state index contributed by atoms with van der Waals surface area (Å²) in [5.74, 6) is -0.915. The number of likely N-dealkylation sites (tertiary alicyclic amines) is 1.